The number of carbonyl (C=O) groups is 1. The van der Waals surface area contributed by atoms with E-state index in [0.717, 1.165) is 12.8 Å². The number of hydrogen-bond donors (Lipinski definition) is 0. The normalized spacial score (nSPS) is 23.3. The zero-order valence-electron chi connectivity index (χ0n) is 13.3. The highest BCUT2D eigenvalue weighted by Gasteiger charge is 2.36. The summed E-state index contributed by atoms with van der Waals surface area (Å²) in [5.41, 5.74) is -0.461. The molecule has 1 unspecified atom stereocenters. The molecule has 0 aromatic carbocycles. The van der Waals surface area contributed by atoms with E-state index in [-0.39, 0.29) is 5.91 Å². The third kappa shape index (κ3) is 4.44. The van der Waals surface area contributed by atoms with E-state index in [9.17, 15) is 10.1 Å². The summed E-state index contributed by atoms with van der Waals surface area (Å²) < 4.78 is 5.30. The van der Waals surface area contributed by atoms with Gasteiger partial charge in [-0.15, -0.1) is 0 Å². The summed E-state index contributed by atoms with van der Waals surface area (Å²) >= 11 is 0. The van der Waals surface area contributed by atoms with E-state index in [0.29, 0.717) is 38.6 Å². The fraction of sp³-hybridized carbons (Fsp3) is 0.882. The molecule has 2 fully saturated rings. The second-order valence-corrected chi connectivity index (χ2v) is 6.62. The topological polar surface area (TPSA) is 53.3 Å². The summed E-state index contributed by atoms with van der Waals surface area (Å²) in [6.07, 6.45) is 8.42. The first-order valence-electron chi connectivity index (χ1n) is 8.46. The average Bonchev–Trinajstić information content (AvgIpc) is 2.56. The molecule has 2 aliphatic rings. The monoisotopic (exact) mass is 292 g/mol. The molecule has 2 rings (SSSR count). The van der Waals surface area contributed by atoms with Gasteiger partial charge in [0.25, 0.3) is 0 Å². The quantitative estimate of drug-likeness (QED) is 0.782. The van der Waals surface area contributed by atoms with Gasteiger partial charge in [0.15, 0.2) is 0 Å². The fourth-order valence-corrected chi connectivity index (χ4v) is 3.66. The lowest BCUT2D eigenvalue weighted by Crippen LogP contribution is -2.43. The molecule has 0 spiro atoms. The summed E-state index contributed by atoms with van der Waals surface area (Å²) in [5, 5.41) is 9.71. The van der Waals surface area contributed by atoms with Gasteiger partial charge in [0, 0.05) is 19.5 Å². The van der Waals surface area contributed by atoms with Crippen LogP contribution in [0.5, 0.6) is 0 Å². The number of rotatable bonds is 5. The Hall–Kier alpha value is -1.08. The van der Waals surface area contributed by atoms with Gasteiger partial charge in [0.2, 0.25) is 5.91 Å². The molecule has 1 amide bonds. The predicted molar refractivity (Wildman–Crippen MR) is 81.5 cm³/mol. The van der Waals surface area contributed by atoms with Crippen molar-refractivity contribution < 1.29 is 9.53 Å². The maximum absolute atomic E-state index is 12.5. The zero-order valence-corrected chi connectivity index (χ0v) is 13.3. The van der Waals surface area contributed by atoms with E-state index in [2.05, 4.69) is 13.0 Å². The summed E-state index contributed by atoms with van der Waals surface area (Å²) in [5.74, 6) is 0.772. The lowest BCUT2D eigenvalue weighted by molar-refractivity contribution is -0.137. The van der Waals surface area contributed by atoms with Gasteiger partial charge in [-0.1, -0.05) is 39.0 Å². The molecule has 21 heavy (non-hydrogen) atoms. The van der Waals surface area contributed by atoms with Gasteiger partial charge in [-0.25, -0.2) is 0 Å². The number of nitrogens with zero attached hydrogens (tertiary/aromatic N) is 2. The Kier molecular flexibility index (Phi) is 6.05. The fourth-order valence-electron chi connectivity index (χ4n) is 3.66. The predicted octanol–water partition coefficient (Wildman–Crippen LogP) is 3.13. The molecule has 1 saturated carbocycles. The third-order valence-corrected chi connectivity index (χ3v) is 5.17. The largest absolute Gasteiger partial charge is 0.378 e. The van der Waals surface area contributed by atoms with Crippen LogP contribution < -0.4 is 0 Å². The van der Waals surface area contributed by atoms with Crippen LogP contribution in [-0.2, 0) is 9.53 Å². The third-order valence-electron chi connectivity index (χ3n) is 5.17. The molecular weight excluding hydrogens is 264 g/mol. The van der Waals surface area contributed by atoms with Crippen LogP contribution in [0.25, 0.3) is 0 Å². The first-order chi connectivity index (χ1) is 10.2. The van der Waals surface area contributed by atoms with E-state index in [1.54, 1.807) is 0 Å². The maximum atomic E-state index is 12.5. The van der Waals surface area contributed by atoms with Crippen molar-refractivity contribution in [2.75, 3.05) is 26.3 Å². The summed E-state index contributed by atoms with van der Waals surface area (Å²) in [4.78, 5) is 14.4. The minimum absolute atomic E-state index is 0.137. The maximum Gasteiger partial charge on any atom is 0.224 e. The number of carbonyl (C=O) groups excluding carboxylic acids is 1. The molecule has 0 N–H and O–H groups in total. The summed E-state index contributed by atoms with van der Waals surface area (Å²) in [6.45, 7) is 4.65. The van der Waals surface area contributed by atoms with Crippen molar-refractivity contribution in [1.29, 1.82) is 5.26 Å². The Balaban J connectivity index is 1.95. The van der Waals surface area contributed by atoms with E-state index in [4.69, 9.17) is 4.74 Å². The van der Waals surface area contributed by atoms with Crippen molar-refractivity contribution in [2.24, 2.45) is 11.3 Å². The van der Waals surface area contributed by atoms with Crippen LogP contribution in [0.1, 0.15) is 58.3 Å². The van der Waals surface area contributed by atoms with Crippen molar-refractivity contribution in [3.8, 4) is 6.07 Å². The molecule has 1 heterocycles. The molecule has 0 radical (unpaired) electrons. The molecule has 0 aromatic rings. The van der Waals surface area contributed by atoms with Crippen LogP contribution >= 0.6 is 0 Å². The number of ether oxygens (including phenoxy) is 1. The van der Waals surface area contributed by atoms with Gasteiger partial charge in [-0.05, 0) is 18.8 Å². The number of morpholine rings is 1. The first-order valence-corrected chi connectivity index (χ1v) is 8.46. The zero-order chi connectivity index (χ0) is 15.1. The molecule has 0 aromatic heterocycles. The molecule has 1 saturated heterocycles. The smallest absolute Gasteiger partial charge is 0.224 e. The van der Waals surface area contributed by atoms with Crippen LogP contribution in [0, 0.1) is 22.7 Å². The van der Waals surface area contributed by atoms with Crippen LogP contribution in [0.3, 0.4) is 0 Å². The van der Waals surface area contributed by atoms with Crippen molar-refractivity contribution >= 4 is 5.91 Å². The van der Waals surface area contributed by atoms with Crippen LogP contribution in [0.4, 0.5) is 0 Å². The van der Waals surface area contributed by atoms with E-state index in [1.165, 1.54) is 32.1 Å². The highest BCUT2D eigenvalue weighted by molar-refractivity contribution is 5.77. The molecule has 4 nitrogen and oxygen atoms in total. The Bertz CT molecular complexity index is 379. The summed E-state index contributed by atoms with van der Waals surface area (Å²) in [6, 6.07) is 2.50. The van der Waals surface area contributed by atoms with Crippen LogP contribution in [0.15, 0.2) is 0 Å². The SMILES string of the molecule is CCC(C#N)(CC(=O)N1CCOCC1)CC1CCCCC1. The molecule has 1 aliphatic heterocycles. The Morgan fingerprint density at radius 1 is 1.29 bits per heavy atom. The van der Waals surface area contributed by atoms with Gasteiger partial charge in [0.1, 0.15) is 0 Å². The van der Waals surface area contributed by atoms with Crippen molar-refractivity contribution in [2.45, 2.75) is 58.3 Å². The summed E-state index contributed by atoms with van der Waals surface area (Å²) in [7, 11) is 0. The van der Waals surface area contributed by atoms with Crippen molar-refractivity contribution in [1.82, 2.24) is 4.90 Å². The van der Waals surface area contributed by atoms with Crippen molar-refractivity contribution in [3.63, 3.8) is 0 Å². The Labute approximate surface area is 128 Å². The highest BCUT2D eigenvalue weighted by atomic mass is 16.5. The second kappa shape index (κ2) is 7.79. The highest BCUT2D eigenvalue weighted by Crippen LogP contribution is 2.39. The van der Waals surface area contributed by atoms with E-state index in [1.807, 2.05) is 4.90 Å². The van der Waals surface area contributed by atoms with Gasteiger partial charge in [-0.2, -0.15) is 5.26 Å². The van der Waals surface area contributed by atoms with Crippen LogP contribution in [0.2, 0.25) is 0 Å². The minimum Gasteiger partial charge on any atom is -0.378 e. The molecule has 118 valence electrons. The molecule has 1 atom stereocenters. The first kappa shape index (κ1) is 16.3. The van der Waals surface area contributed by atoms with Gasteiger partial charge in [0.05, 0.1) is 24.7 Å². The molecule has 0 bridgehead atoms. The van der Waals surface area contributed by atoms with Crippen LogP contribution in [-0.4, -0.2) is 37.1 Å². The number of hydrogen-bond acceptors (Lipinski definition) is 3. The molecule has 4 heteroatoms. The number of amides is 1. The van der Waals surface area contributed by atoms with Crippen molar-refractivity contribution in [3.05, 3.63) is 0 Å². The van der Waals surface area contributed by atoms with Gasteiger partial charge < -0.3 is 9.64 Å². The number of nitriles is 1. The minimum atomic E-state index is -0.461. The Morgan fingerprint density at radius 3 is 2.52 bits per heavy atom. The van der Waals surface area contributed by atoms with E-state index < -0.39 is 5.41 Å². The molecule has 1 aliphatic carbocycles. The lowest BCUT2D eigenvalue weighted by Gasteiger charge is -2.34. The van der Waals surface area contributed by atoms with Gasteiger partial charge in [-0.3, -0.25) is 4.79 Å². The average molecular weight is 292 g/mol. The van der Waals surface area contributed by atoms with E-state index >= 15 is 0 Å². The second-order valence-electron chi connectivity index (χ2n) is 6.62. The standard InChI is InChI=1S/C17H28N2O2/c1-2-17(14-18,12-15-6-4-3-5-7-15)13-16(20)19-8-10-21-11-9-19/h15H,2-13H2,1H3. The lowest BCUT2D eigenvalue weighted by atomic mass is 9.71. The Morgan fingerprint density at radius 2 is 1.95 bits per heavy atom. The van der Waals surface area contributed by atoms with Gasteiger partial charge >= 0.3 is 0 Å². The molecular formula is C17H28N2O2.